The van der Waals surface area contributed by atoms with E-state index in [4.69, 9.17) is 0 Å². The highest BCUT2D eigenvalue weighted by molar-refractivity contribution is 5.95. The number of carbonyl (C=O) groups excluding carboxylic acids is 1. The minimum atomic E-state index is 0.00394. The summed E-state index contributed by atoms with van der Waals surface area (Å²) >= 11 is 0. The van der Waals surface area contributed by atoms with Crippen LogP contribution in [0.3, 0.4) is 0 Å². The summed E-state index contributed by atoms with van der Waals surface area (Å²) in [6, 6.07) is 12.2. The van der Waals surface area contributed by atoms with E-state index in [-0.39, 0.29) is 11.8 Å². The fourth-order valence-electron chi connectivity index (χ4n) is 4.76. The molecule has 0 spiro atoms. The van der Waals surface area contributed by atoms with Crippen LogP contribution in [0.1, 0.15) is 26.7 Å². The first-order valence-electron chi connectivity index (χ1n) is 12.2. The van der Waals surface area contributed by atoms with Crippen molar-refractivity contribution in [3.63, 3.8) is 0 Å². The van der Waals surface area contributed by atoms with Gasteiger partial charge in [-0.3, -0.25) is 4.79 Å². The van der Waals surface area contributed by atoms with E-state index < -0.39 is 0 Å². The fraction of sp³-hybridized carbons (Fsp3) is 0.440. The van der Waals surface area contributed by atoms with E-state index in [2.05, 4.69) is 73.2 Å². The van der Waals surface area contributed by atoms with Crippen molar-refractivity contribution in [1.29, 1.82) is 0 Å². The van der Waals surface area contributed by atoms with Gasteiger partial charge in [0.25, 0.3) is 0 Å². The maximum absolute atomic E-state index is 13.0. The average Bonchev–Trinajstić information content (AvgIpc) is 3.51. The Balaban J connectivity index is 1.18. The van der Waals surface area contributed by atoms with Crippen LogP contribution in [0.25, 0.3) is 16.6 Å². The molecule has 3 aromatic heterocycles. The number of nitrogens with zero attached hydrogens (tertiary/aromatic N) is 7. The third-order valence-electron chi connectivity index (χ3n) is 6.93. The van der Waals surface area contributed by atoms with Crippen LogP contribution in [0.5, 0.6) is 0 Å². The smallest absolute Gasteiger partial charge is 0.227 e. The summed E-state index contributed by atoms with van der Waals surface area (Å²) in [5.41, 5.74) is 2.80. The third kappa shape index (κ3) is 4.61. The van der Waals surface area contributed by atoms with E-state index in [1.165, 1.54) is 5.52 Å². The van der Waals surface area contributed by atoms with Crippen molar-refractivity contribution in [2.24, 2.45) is 5.92 Å². The monoisotopic (exact) mass is 460 g/mol. The zero-order chi connectivity index (χ0) is 23.5. The van der Waals surface area contributed by atoms with Crippen molar-refractivity contribution >= 4 is 34.0 Å². The van der Waals surface area contributed by atoms with E-state index in [1.807, 2.05) is 18.2 Å². The molecule has 5 rings (SSSR count). The first kappa shape index (κ1) is 22.3. The van der Waals surface area contributed by atoms with E-state index in [0.29, 0.717) is 0 Å². The van der Waals surface area contributed by atoms with Crippen LogP contribution in [-0.4, -0.2) is 67.9 Å². The number of likely N-dealkylation sites (N-methyl/N-ethyl adjacent to an activating group) is 1. The number of aromatic nitrogens is 5. The van der Waals surface area contributed by atoms with Gasteiger partial charge in [-0.1, -0.05) is 13.8 Å². The Morgan fingerprint density at radius 2 is 1.94 bits per heavy atom. The van der Waals surface area contributed by atoms with Crippen LogP contribution >= 0.6 is 0 Å². The Morgan fingerprint density at radius 3 is 2.74 bits per heavy atom. The Kier molecular flexibility index (Phi) is 6.44. The van der Waals surface area contributed by atoms with Crippen LogP contribution in [0.4, 0.5) is 11.5 Å². The van der Waals surface area contributed by atoms with Crippen LogP contribution in [-0.2, 0) is 11.3 Å². The lowest BCUT2D eigenvalue weighted by atomic mass is 9.95. The number of hydrogen-bond acceptors (Lipinski definition) is 6. The molecule has 0 saturated carbocycles. The molecule has 1 fully saturated rings. The van der Waals surface area contributed by atoms with Gasteiger partial charge in [0, 0.05) is 54.9 Å². The molecule has 0 radical (unpaired) electrons. The Labute approximate surface area is 199 Å². The van der Waals surface area contributed by atoms with Crippen molar-refractivity contribution in [1.82, 2.24) is 29.3 Å². The van der Waals surface area contributed by atoms with Crippen molar-refractivity contribution in [2.45, 2.75) is 33.2 Å². The molecule has 0 bridgehead atoms. The standard InChI is InChI=1S/C25H32N8O/c1-3-30(4-2)15-16-31-12-11-20-17-21(5-6-22(20)31)27-25(34)19-9-13-32(14-10-19)24-8-7-23-28-26-18-33(23)29-24/h5-8,11-12,17-19H,3-4,9-10,13-16H2,1-2H3,(H,27,34). The second kappa shape index (κ2) is 9.80. The number of benzene rings is 1. The molecule has 9 heteroatoms. The minimum absolute atomic E-state index is 0.00394. The number of rotatable bonds is 8. The molecule has 4 aromatic rings. The fourth-order valence-corrected chi connectivity index (χ4v) is 4.76. The highest BCUT2D eigenvalue weighted by Gasteiger charge is 2.26. The Hall–Kier alpha value is -3.46. The van der Waals surface area contributed by atoms with Crippen molar-refractivity contribution in [3.05, 3.63) is 48.9 Å². The summed E-state index contributed by atoms with van der Waals surface area (Å²) in [5.74, 6) is 0.994. The summed E-state index contributed by atoms with van der Waals surface area (Å²) in [5, 5.41) is 16.8. The topological polar surface area (TPSA) is 83.6 Å². The van der Waals surface area contributed by atoms with Crippen molar-refractivity contribution < 1.29 is 4.79 Å². The zero-order valence-corrected chi connectivity index (χ0v) is 19.9. The maximum atomic E-state index is 13.0. The number of fused-ring (bicyclic) bond motifs is 2. The van der Waals surface area contributed by atoms with E-state index in [9.17, 15) is 4.79 Å². The third-order valence-corrected chi connectivity index (χ3v) is 6.93. The number of amides is 1. The van der Waals surface area contributed by atoms with Gasteiger partial charge in [0.05, 0.1) is 0 Å². The summed E-state index contributed by atoms with van der Waals surface area (Å²) in [7, 11) is 0. The van der Waals surface area contributed by atoms with Gasteiger partial charge < -0.3 is 19.7 Å². The Bertz CT molecular complexity index is 1270. The molecule has 1 saturated heterocycles. The molecule has 1 aliphatic rings. The van der Waals surface area contributed by atoms with Crippen LogP contribution in [0, 0.1) is 5.92 Å². The van der Waals surface area contributed by atoms with Gasteiger partial charge in [0.15, 0.2) is 5.65 Å². The van der Waals surface area contributed by atoms with Crippen LogP contribution in [0.15, 0.2) is 48.9 Å². The second-order valence-electron chi connectivity index (χ2n) is 8.89. The predicted molar refractivity (Wildman–Crippen MR) is 134 cm³/mol. The molecule has 9 nitrogen and oxygen atoms in total. The van der Waals surface area contributed by atoms with E-state index in [0.717, 1.165) is 74.6 Å². The first-order valence-corrected chi connectivity index (χ1v) is 12.2. The van der Waals surface area contributed by atoms with Gasteiger partial charge >= 0.3 is 0 Å². The molecule has 0 aliphatic carbocycles. The predicted octanol–water partition coefficient (Wildman–Crippen LogP) is 3.28. The lowest BCUT2D eigenvalue weighted by molar-refractivity contribution is -0.120. The lowest BCUT2D eigenvalue weighted by Crippen LogP contribution is -2.38. The minimum Gasteiger partial charge on any atom is -0.355 e. The number of piperidine rings is 1. The molecule has 1 aliphatic heterocycles. The molecular weight excluding hydrogens is 428 g/mol. The molecule has 0 atom stereocenters. The van der Waals surface area contributed by atoms with Crippen molar-refractivity contribution in [2.75, 3.05) is 42.9 Å². The summed E-state index contributed by atoms with van der Waals surface area (Å²) < 4.78 is 3.97. The van der Waals surface area contributed by atoms with Gasteiger partial charge in [-0.2, -0.15) is 4.52 Å². The summed E-state index contributed by atoms with van der Waals surface area (Å²) in [4.78, 5) is 17.6. The zero-order valence-electron chi connectivity index (χ0n) is 19.9. The highest BCUT2D eigenvalue weighted by Crippen LogP contribution is 2.25. The molecular formula is C25H32N8O. The number of anilines is 2. The van der Waals surface area contributed by atoms with Crippen molar-refractivity contribution in [3.8, 4) is 0 Å². The summed E-state index contributed by atoms with van der Waals surface area (Å²) in [6.45, 7) is 10.1. The van der Waals surface area contributed by atoms with Gasteiger partial charge in [0.1, 0.15) is 12.1 Å². The second-order valence-corrected chi connectivity index (χ2v) is 8.89. The normalized spacial score (nSPS) is 15.0. The van der Waals surface area contributed by atoms with Gasteiger partial charge in [0.2, 0.25) is 5.91 Å². The molecule has 4 heterocycles. The van der Waals surface area contributed by atoms with Gasteiger partial charge in [-0.15, -0.1) is 15.3 Å². The molecule has 0 unspecified atom stereocenters. The molecule has 34 heavy (non-hydrogen) atoms. The van der Waals surface area contributed by atoms with Crippen LogP contribution in [0.2, 0.25) is 0 Å². The quantitative estimate of drug-likeness (QED) is 0.435. The number of hydrogen-bond donors (Lipinski definition) is 1. The molecule has 1 aromatic carbocycles. The van der Waals surface area contributed by atoms with Gasteiger partial charge in [-0.05, 0) is 62.3 Å². The van der Waals surface area contributed by atoms with Gasteiger partial charge in [-0.25, -0.2) is 0 Å². The maximum Gasteiger partial charge on any atom is 0.227 e. The Morgan fingerprint density at radius 1 is 1.12 bits per heavy atom. The molecule has 1 amide bonds. The highest BCUT2D eigenvalue weighted by atomic mass is 16.1. The lowest BCUT2D eigenvalue weighted by Gasteiger charge is -2.32. The largest absolute Gasteiger partial charge is 0.355 e. The van der Waals surface area contributed by atoms with E-state index >= 15 is 0 Å². The number of nitrogens with one attached hydrogen (secondary N) is 1. The van der Waals surface area contributed by atoms with Crippen LogP contribution < -0.4 is 10.2 Å². The SMILES string of the molecule is CCN(CC)CCn1ccc2cc(NC(=O)C3CCN(c4ccc5nncn5n4)CC3)ccc21. The van der Waals surface area contributed by atoms with E-state index in [1.54, 1.807) is 10.8 Å². The number of carbonyl (C=O) groups is 1. The molecule has 178 valence electrons. The average molecular weight is 461 g/mol. The molecule has 1 N–H and O–H groups in total. The first-order chi connectivity index (χ1) is 16.6. The summed E-state index contributed by atoms with van der Waals surface area (Å²) in [6.07, 6.45) is 5.35.